The molecular weight excluding hydrogens is 379 g/mol. The van der Waals surface area contributed by atoms with Crippen LogP contribution in [0.1, 0.15) is 23.4 Å². The maximum atomic E-state index is 13.1. The molecule has 2 aromatic rings. The molecule has 0 aliphatic carbocycles. The predicted molar refractivity (Wildman–Crippen MR) is 107 cm³/mol. The molecule has 1 atom stereocenters. The largest absolute Gasteiger partial charge is 0.491 e. The average molecular weight is 402 g/mol. The van der Waals surface area contributed by atoms with Crippen molar-refractivity contribution in [2.24, 2.45) is 0 Å². The van der Waals surface area contributed by atoms with E-state index < -0.39 is 0 Å². The molecule has 148 valence electrons. The van der Waals surface area contributed by atoms with Crippen molar-refractivity contribution >= 4 is 23.2 Å². The van der Waals surface area contributed by atoms with Crippen LogP contribution < -0.4 is 4.74 Å². The minimum absolute atomic E-state index is 0.00781. The van der Waals surface area contributed by atoms with E-state index in [1.165, 1.54) is 28.8 Å². The van der Waals surface area contributed by atoms with E-state index in [0.29, 0.717) is 18.8 Å². The van der Waals surface area contributed by atoms with Crippen LogP contribution in [0.5, 0.6) is 5.75 Å². The highest BCUT2D eigenvalue weighted by molar-refractivity contribution is 7.10. The van der Waals surface area contributed by atoms with Gasteiger partial charge in [0.05, 0.1) is 6.04 Å². The Morgan fingerprint density at radius 3 is 2.79 bits per heavy atom. The molecule has 0 radical (unpaired) electrons. The number of rotatable bonds is 7. The Hall–Kier alpha value is -2.67. The van der Waals surface area contributed by atoms with Crippen LogP contribution in [0.15, 0.2) is 48.4 Å². The number of thiophene rings is 1. The van der Waals surface area contributed by atoms with Gasteiger partial charge in [-0.3, -0.25) is 9.59 Å². The first-order valence-electron chi connectivity index (χ1n) is 9.10. The normalized spacial score (nSPS) is 15.6. The van der Waals surface area contributed by atoms with Gasteiger partial charge in [0.1, 0.15) is 24.7 Å². The summed E-state index contributed by atoms with van der Waals surface area (Å²) in [4.78, 5) is 29.3. The van der Waals surface area contributed by atoms with Crippen molar-refractivity contribution in [3.05, 3.63) is 64.6 Å². The van der Waals surface area contributed by atoms with Gasteiger partial charge < -0.3 is 14.5 Å². The molecule has 0 saturated heterocycles. The van der Waals surface area contributed by atoms with Crippen molar-refractivity contribution in [3.8, 4) is 5.75 Å². The maximum Gasteiger partial charge on any atom is 0.242 e. The molecule has 1 aliphatic heterocycles. The van der Waals surface area contributed by atoms with Gasteiger partial charge in [-0.1, -0.05) is 6.08 Å². The van der Waals surface area contributed by atoms with Crippen LogP contribution in [0.2, 0.25) is 0 Å². The molecule has 28 heavy (non-hydrogen) atoms. The summed E-state index contributed by atoms with van der Waals surface area (Å²) in [5, 5.41) is 2.02. The monoisotopic (exact) mass is 402 g/mol. The summed E-state index contributed by atoms with van der Waals surface area (Å²) in [5.41, 5.74) is 1.07. The number of halogens is 1. The number of carbonyl (C=O) groups excluding carboxylic acids is 2. The van der Waals surface area contributed by atoms with Gasteiger partial charge >= 0.3 is 0 Å². The number of fused-ring (bicyclic) bond motifs is 1. The van der Waals surface area contributed by atoms with Crippen LogP contribution in [0.25, 0.3) is 0 Å². The van der Waals surface area contributed by atoms with E-state index >= 15 is 0 Å². The number of ether oxygens (including phenoxy) is 1. The fraction of sp³-hybridized carbons (Fsp3) is 0.333. The van der Waals surface area contributed by atoms with Crippen molar-refractivity contribution in [1.82, 2.24) is 9.80 Å². The molecule has 3 rings (SSSR count). The lowest BCUT2D eigenvalue weighted by molar-refractivity contribution is -0.141. The van der Waals surface area contributed by atoms with Gasteiger partial charge in [0.2, 0.25) is 11.8 Å². The van der Waals surface area contributed by atoms with Gasteiger partial charge in [-0.25, -0.2) is 4.39 Å². The second-order valence-electron chi connectivity index (χ2n) is 6.61. The predicted octanol–water partition coefficient (Wildman–Crippen LogP) is 3.43. The maximum absolute atomic E-state index is 13.1. The molecule has 0 N–H and O–H groups in total. The van der Waals surface area contributed by atoms with Crippen LogP contribution in [0, 0.1) is 5.82 Å². The Kier molecular flexibility index (Phi) is 6.46. The fourth-order valence-electron chi connectivity index (χ4n) is 3.29. The fourth-order valence-corrected chi connectivity index (χ4v) is 4.22. The van der Waals surface area contributed by atoms with Gasteiger partial charge in [0, 0.05) is 24.9 Å². The summed E-state index contributed by atoms with van der Waals surface area (Å²) in [7, 11) is 0. The average Bonchev–Trinajstić information content (AvgIpc) is 3.15. The molecule has 0 spiro atoms. The van der Waals surface area contributed by atoms with E-state index in [4.69, 9.17) is 4.74 Å². The Bertz CT molecular complexity index is 850. The lowest BCUT2D eigenvalue weighted by Crippen LogP contribution is -2.47. The molecule has 0 bridgehead atoms. The van der Waals surface area contributed by atoms with Gasteiger partial charge in [-0.2, -0.15) is 0 Å². The van der Waals surface area contributed by atoms with Crippen LogP contribution in [-0.4, -0.2) is 47.9 Å². The van der Waals surface area contributed by atoms with Gasteiger partial charge in [-0.15, -0.1) is 17.9 Å². The zero-order chi connectivity index (χ0) is 20.1. The number of amides is 2. The van der Waals surface area contributed by atoms with E-state index in [2.05, 4.69) is 6.58 Å². The molecular formula is C21H23FN2O3S. The first-order valence-corrected chi connectivity index (χ1v) is 9.98. The summed E-state index contributed by atoms with van der Waals surface area (Å²) in [6, 6.07) is 7.60. The molecule has 0 unspecified atom stereocenters. The first-order chi connectivity index (χ1) is 13.5. The number of hydrogen-bond acceptors (Lipinski definition) is 4. The highest BCUT2D eigenvalue weighted by Gasteiger charge is 2.33. The summed E-state index contributed by atoms with van der Waals surface area (Å²) in [6.45, 7) is 6.27. The summed E-state index contributed by atoms with van der Waals surface area (Å²) in [6.07, 6.45) is 2.39. The topological polar surface area (TPSA) is 49.9 Å². The Balaban J connectivity index is 1.76. The summed E-state index contributed by atoms with van der Waals surface area (Å²) >= 11 is 1.67. The van der Waals surface area contributed by atoms with E-state index in [1.54, 1.807) is 34.4 Å². The molecule has 7 heteroatoms. The Morgan fingerprint density at radius 1 is 1.36 bits per heavy atom. The quantitative estimate of drug-likeness (QED) is 0.667. The Morgan fingerprint density at radius 2 is 2.11 bits per heavy atom. The number of benzene rings is 1. The van der Waals surface area contributed by atoms with Crippen molar-refractivity contribution in [2.45, 2.75) is 19.4 Å². The van der Waals surface area contributed by atoms with Gasteiger partial charge in [0.15, 0.2) is 0 Å². The Labute approximate surface area is 168 Å². The van der Waals surface area contributed by atoms with E-state index in [-0.39, 0.29) is 36.8 Å². The van der Waals surface area contributed by atoms with Crippen molar-refractivity contribution in [3.63, 3.8) is 0 Å². The van der Waals surface area contributed by atoms with E-state index in [1.807, 2.05) is 11.4 Å². The molecule has 2 heterocycles. The third kappa shape index (κ3) is 4.59. The summed E-state index contributed by atoms with van der Waals surface area (Å²) in [5.74, 6) is -0.0659. The zero-order valence-corrected chi connectivity index (χ0v) is 16.6. The zero-order valence-electron chi connectivity index (χ0n) is 15.8. The molecule has 2 amide bonds. The molecule has 0 fully saturated rings. The highest BCUT2D eigenvalue weighted by atomic mass is 32.1. The third-order valence-electron chi connectivity index (χ3n) is 4.76. The molecule has 1 aromatic carbocycles. The lowest BCUT2D eigenvalue weighted by Gasteiger charge is -2.37. The number of hydrogen-bond donors (Lipinski definition) is 0. The number of nitrogens with zero attached hydrogens (tertiary/aromatic N) is 2. The van der Waals surface area contributed by atoms with E-state index in [9.17, 15) is 14.0 Å². The minimum Gasteiger partial charge on any atom is -0.491 e. The third-order valence-corrected chi connectivity index (χ3v) is 5.75. The second-order valence-corrected chi connectivity index (χ2v) is 7.61. The van der Waals surface area contributed by atoms with Crippen molar-refractivity contribution < 1.29 is 18.7 Å². The van der Waals surface area contributed by atoms with Gasteiger partial charge in [-0.05, 0) is 47.7 Å². The number of carbonyl (C=O) groups is 2. The molecule has 1 aliphatic rings. The molecule has 5 nitrogen and oxygen atoms in total. The van der Waals surface area contributed by atoms with Crippen LogP contribution in [0.4, 0.5) is 4.39 Å². The smallest absolute Gasteiger partial charge is 0.242 e. The van der Waals surface area contributed by atoms with E-state index in [0.717, 1.165) is 12.0 Å². The van der Waals surface area contributed by atoms with Crippen LogP contribution >= 0.6 is 11.3 Å². The second kappa shape index (κ2) is 9.01. The summed E-state index contributed by atoms with van der Waals surface area (Å²) < 4.78 is 19.0. The highest BCUT2D eigenvalue weighted by Crippen LogP contribution is 2.34. The van der Waals surface area contributed by atoms with Crippen molar-refractivity contribution in [1.29, 1.82) is 0 Å². The molecule has 1 aromatic heterocycles. The van der Waals surface area contributed by atoms with Gasteiger partial charge in [0.25, 0.3) is 0 Å². The van der Waals surface area contributed by atoms with Crippen molar-refractivity contribution in [2.75, 3.05) is 26.2 Å². The van der Waals surface area contributed by atoms with Crippen LogP contribution in [-0.2, 0) is 16.0 Å². The van der Waals surface area contributed by atoms with Crippen LogP contribution in [0.3, 0.4) is 0 Å². The SMILES string of the molecule is C=CCN(CC(=O)N1CCc2sccc2[C@H]1COc1ccc(F)cc1)C(C)=O. The first kappa shape index (κ1) is 20.1. The standard InChI is InChI=1S/C21H23FN2O3S/c1-3-10-23(15(2)25)13-21(26)24-11-8-20-18(9-12-28-20)19(24)14-27-17-6-4-16(22)5-7-17/h3-7,9,12,19H,1,8,10-11,13-14H2,2H3/t19-/m1/s1. The lowest BCUT2D eigenvalue weighted by atomic mass is 10.0. The molecule has 0 saturated carbocycles. The minimum atomic E-state index is -0.325.